The number of aryl methyl sites for hydroxylation is 1. The molecule has 3 rings (SSSR count). The second kappa shape index (κ2) is 6.28. The largest absolute Gasteiger partial charge is 0.387 e. The molecule has 0 saturated carbocycles. The van der Waals surface area contributed by atoms with Crippen molar-refractivity contribution in [2.45, 2.75) is 19.6 Å². The molecular formula is C16H22N4O. The fourth-order valence-electron chi connectivity index (χ4n) is 2.74. The van der Waals surface area contributed by atoms with Gasteiger partial charge in [0.2, 0.25) is 0 Å². The molecule has 1 aromatic heterocycles. The summed E-state index contributed by atoms with van der Waals surface area (Å²) in [6.45, 7) is 5.32. The molecule has 0 saturated heterocycles. The second-order valence-electron chi connectivity index (χ2n) is 5.68. The summed E-state index contributed by atoms with van der Waals surface area (Å²) < 4.78 is 2.03. The molecule has 1 aliphatic rings. The van der Waals surface area contributed by atoms with Gasteiger partial charge in [0.1, 0.15) is 5.82 Å². The zero-order chi connectivity index (χ0) is 14.7. The Morgan fingerprint density at radius 1 is 1.43 bits per heavy atom. The van der Waals surface area contributed by atoms with Crippen LogP contribution in [0.2, 0.25) is 0 Å². The average molecular weight is 286 g/mol. The van der Waals surface area contributed by atoms with Crippen LogP contribution in [-0.4, -0.2) is 34.5 Å². The van der Waals surface area contributed by atoms with Crippen LogP contribution in [0, 0.1) is 12.8 Å². The number of hydrogen-bond donors (Lipinski definition) is 3. The predicted octanol–water partition coefficient (Wildman–Crippen LogP) is 1.56. The third kappa shape index (κ3) is 3.43. The molecule has 2 aromatic rings. The molecule has 3 N–H and O–H groups in total. The van der Waals surface area contributed by atoms with Crippen LogP contribution in [0.3, 0.4) is 0 Å². The highest BCUT2D eigenvalue weighted by Gasteiger charge is 2.19. The van der Waals surface area contributed by atoms with E-state index in [0.29, 0.717) is 12.5 Å². The highest BCUT2D eigenvalue weighted by Crippen LogP contribution is 2.18. The van der Waals surface area contributed by atoms with E-state index < -0.39 is 6.10 Å². The first-order chi connectivity index (χ1) is 10.2. The summed E-state index contributed by atoms with van der Waals surface area (Å²) in [4.78, 5) is 0. The summed E-state index contributed by atoms with van der Waals surface area (Å²) in [5.41, 5.74) is 2.00. The van der Waals surface area contributed by atoms with Crippen LogP contribution in [0.4, 0.5) is 5.82 Å². The third-order valence-corrected chi connectivity index (χ3v) is 3.86. The van der Waals surface area contributed by atoms with Gasteiger partial charge in [-0.1, -0.05) is 30.3 Å². The van der Waals surface area contributed by atoms with Crippen LogP contribution in [-0.2, 0) is 6.54 Å². The lowest BCUT2D eigenvalue weighted by Crippen LogP contribution is -2.36. The van der Waals surface area contributed by atoms with E-state index in [1.165, 1.54) is 0 Å². The van der Waals surface area contributed by atoms with Gasteiger partial charge in [0.25, 0.3) is 0 Å². The Kier molecular flexibility index (Phi) is 4.22. The molecule has 2 atom stereocenters. The van der Waals surface area contributed by atoms with Crippen molar-refractivity contribution in [2.24, 2.45) is 5.92 Å². The molecule has 1 aromatic carbocycles. The molecule has 0 amide bonds. The zero-order valence-electron chi connectivity index (χ0n) is 12.3. The second-order valence-corrected chi connectivity index (χ2v) is 5.68. The number of aliphatic hydroxyl groups excluding tert-OH is 1. The van der Waals surface area contributed by atoms with E-state index in [2.05, 4.69) is 21.8 Å². The minimum absolute atomic E-state index is 0.453. The van der Waals surface area contributed by atoms with Gasteiger partial charge in [-0.2, -0.15) is 5.10 Å². The Morgan fingerprint density at radius 3 is 3.05 bits per heavy atom. The van der Waals surface area contributed by atoms with Gasteiger partial charge in [0, 0.05) is 38.2 Å². The van der Waals surface area contributed by atoms with Crippen LogP contribution in [0.5, 0.6) is 0 Å². The van der Waals surface area contributed by atoms with Gasteiger partial charge in [0.05, 0.1) is 11.8 Å². The Hall–Kier alpha value is -1.85. The van der Waals surface area contributed by atoms with Crippen molar-refractivity contribution in [1.82, 2.24) is 15.1 Å². The van der Waals surface area contributed by atoms with Crippen molar-refractivity contribution in [3.63, 3.8) is 0 Å². The van der Waals surface area contributed by atoms with Gasteiger partial charge in [-0.05, 0) is 12.5 Å². The third-order valence-electron chi connectivity index (χ3n) is 3.86. The van der Waals surface area contributed by atoms with E-state index in [-0.39, 0.29) is 0 Å². The van der Waals surface area contributed by atoms with E-state index in [0.717, 1.165) is 36.7 Å². The molecule has 5 nitrogen and oxygen atoms in total. The summed E-state index contributed by atoms with van der Waals surface area (Å²) in [5, 5.41) is 21.3. The SMILES string of the molecule is Cc1cc2n(n1)C[C@H](CNC[C@@H](O)c1ccccc1)CN2. The summed E-state index contributed by atoms with van der Waals surface area (Å²) >= 11 is 0. The van der Waals surface area contributed by atoms with E-state index in [1.54, 1.807) is 0 Å². The Morgan fingerprint density at radius 2 is 2.24 bits per heavy atom. The van der Waals surface area contributed by atoms with Crippen molar-refractivity contribution in [3.05, 3.63) is 47.7 Å². The van der Waals surface area contributed by atoms with E-state index in [9.17, 15) is 5.11 Å². The van der Waals surface area contributed by atoms with Gasteiger partial charge >= 0.3 is 0 Å². The number of aromatic nitrogens is 2. The summed E-state index contributed by atoms with van der Waals surface area (Å²) in [6.07, 6.45) is -0.453. The number of nitrogens with one attached hydrogen (secondary N) is 2. The highest BCUT2D eigenvalue weighted by atomic mass is 16.3. The maximum absolute atomic E-state index is 10.1. The van der Waals surface area contributed by atoms with Gasteiger partial charge in [-0.3, -0.25) is 0 Å². The maximum atomic E-state index is 10.1. The molecule has 112 valence electrons. The first kappa shape index (κ1) is 14.1. The molecule has 0 aliphatic carbocycles. The van der Waals surface area contributed by atoms with E-state index in [4.69, 9.17) is 0 Å². The Balaban J connectivity index is 1.46. The van der Waals surface area contributed by atoms with Crippen molar-refractivity contribution in [3.8, 4) is 0 Å². The molecule has 21 heavy (non-hydrogen) atoms. The quantitative estimate of drug-likeness (QED) is 0.780. The Bertz CT molecular complexity index is 581. The topological polar surface area (TPSA) is 62.1 Å². The number of fused-ring (bicyclic) bond motifs is 1. The van der Waals surface area contributed by atoms with Gasteiger partial charge in [0.15, 0.2) is 0 Å². The number of anilines is 1. The minimum Gasteiger partial charge on any atom is -0.387 e. The summed E-state index contributed by atoms with van der Waals surface area (Å²) in [7, 11) is 0. The molecule has 1 aliphatic heterocycles. The lowest BCUT2D eigenvalue weighted by atomic mass is 10.1. The number of aliphatic hydroxyl groups is 1. The number of hydrogen-bond acceptors (Lipinski definition) is 4. The van der Waals surface area contributed by atoms with Crippen molar-refractivity contribution >= 4 is 5.82 Å². The molecule has 5 heteroatoms. The normalized spacial score (nSPS) is 18.9. The summed E-state index contributed by atoms with van der Waals surface area (Å²) in [6, 6.07) is 11.8. The first-order valence-corrected chi connectivity index (χ1v) is 7.44. The highest BCUT2D eigenvalue weighted by molar-refractivity contribution is 5.38. The standard InChI is InChI=1S/C16H22N4O/c1-12-7-16-18-9-13(11-20(16)19-12)8-17-10-15(21)14-5-3-2-4-6-14/h2-7,13,15,17-18,21H,8-11H2,1H3/t13-,15-/m1/s1. The van der Waals surface area contributed by atoms with E-state index in [1.807, 2.05) is 41.9 Å². The van der Waals surface area contributed by atoms with Crippen LogP contribution >= 0.6 is 0 Å². The summed E-state index contributed by atoms with van der Waals surface area (Å²) in [5.74, 6) is 1.59. The number of benzene rings is 1. The van der Waals surface area contributed by atoms with Crippen LogP contribution in [0.15, 0.2) is 36.4 Å². The van der Waals surface area contributed by atoms with Gasteiger partial charge in [-0.15, -0.1) is 0 Å². The average Bonchev–Trinajstić information content (AvgIpc) is 2.87. The zero-order valence-corrected chi connectivity index (χ0v) is 12.3. The molecular weight excluding hydrogens is 264 g/mol. The van der Waals surface area contributed by atoms with Crippen molar-refractivity contribution in [2.75, 3.05) is 25.0 Å². The predicted molar refractivity (Wildman–Crippen MR) is 83.2 cm³/mol. The monoisotopic (exact) mass is 286 g/mol. The fourth-order valence-corrected chi connectivity index (χ4v) is 2.74. The fraction of sp³-hybridized carbons (Fsp3) is 0.438. The lowest BCUT2D eigenvalue weighted by Gasteiger charge is -2.25. The molecule has 2 heterocycles. The van der Waals surface area contributed by atoms with Crippen molar-refractivity contribution < 1.29 is 5.11 Å². The van der Waals surface area contributed by atoms with Gasteiger partial charge < -0.3 is 15.7 Å². The van der Waals surface area contributed by atoms with Crippen molar-refractivity contribution in [1.29, 1.82) is 0 Å². The molecule has 0 spiro atoms. The first-order valence-electron chi connectivity index (χ1n) is 7.44. The minimum atomic E-state index is -0.453. The number of rotatable bonds is 5. The maximum Gasteiger partial charge on any atom is 0.124 e. The van der Waals surface area contributed by atoms with Crippen LogP contribution < -0.4 is 10.6 Å². The Labute approximate surface area is 125 Å². The molecule has 0 fully saturated rings. The molecule has 0 radical (unpaired) electrons. The number of nitrogens with zero attached hydrogens (tertiary/aromatic N) is 2. The molecule has 0 unspecified atom stereocenters. The lowest BCUT2D eigenvalue weighted by molar-refractivity contribution is 0.172. The van der Waals surface area contributed by atoms with Crippen LogP contribution in [0.1, 0.15) is 17.4 Å². The van der Waals surface area contributed by atoms with E-state index >= 15 is 0 Å². The smallest absolute Gasteiger partial charge is 0.124 e. The van der Waals surface area contributed by atoms with Gasteiger partial charge in [-0.25, -0.2) is 4.68 Å². The molecule has 0 bridgehead atoms. The van der Waals surface area contributed by atoms with Crippen LogP contribution in [0.25, 0.3) is 0 Å².